The third-order valence-electron chi connectivity index (χ3n) is 4.88. The number of aromatic nitrogens is 4. The van der Waals surface area contributed by atoms with Crippen molar-refractivity contribution in [1.82, 2.24) is 24.6 Å². The fraction of sp³-hybridized carbons (Fsp3) is 0.316. The van der Waals surface area contributed by atoms with Crippen molar-refractivity contribution >= 4 is 23.2 Å². The Labute approximate surface area is 164 Å². The monoisotopic (exact) mass is 397 g/mol. The van der Waals surface area contributed by atoms with E-state index in [-0.39, 0.29) is 24.6 Å². The summed E-state index contributed by atoms with van der Waals surface area (Å²) in [6.45, 7) is 4.01. The number of hydrogen-bond donors (Lipinski definition) is 2. The van der Waals surface area contributed by atoms with E-state index in [1.54, 1.807) is 38.1 Å². The first-order chi connectivity index (χ1) is 13.8. The van der Waals surface area contributed by atoms with Crippen LogP contribution in [0.1, 0.15) is 35.9 Å². The van der Waals surface area contributed by atoms with Crippen molar-refractivity contribution in [3.05, 3.63) is 51.8 Å². The quantitative estimate of drug-likeness (QED) is 0.615. The molecule has 0 unspecified atom stereocenters. The maximum absolute atomic E-state index is 12.7. The Morgan fingerprint density at radius 3 is 2.90 bits per heavy atom. The predicted molar refractivity (Wildman–Crippen MR) is 102 cm³/mol. The molecule has 150 valence electrons. The highest BCUT2D eigenvalue weighted by atomic mass is 16.5. The highest BCUT2D eigenvalue weighted by Gasteiger charge is 2.34. The summed E-state index contributed by atoms with van der Waals surface area (Å²) in [5.41, 5.74) is -0.859. The molecule has 0 atom stereocenters. The third kappa shape index (κ3) is 3.07. The largest absolute Gasteiger partial charge is 0.501 e. The summed E-state index contributed by atoms with van der Waals surface area (Å²) in [6, 6.07) is 7.09. The average Bonchev–Trinajstić information content (AvgIpc) is 3.07. The van der Waals surface area contributed by atoms with Gasteiger partial charge < -0.3 is 15.2 Å². The van der Waals surface area contributed by atoms with Gasteiger partial charge in [-0.2, -0.15) is 5.10 Å². The van der Waals surface area contributed by atoms with Crippen molar-refractivity contribution in [2.75, 3.05) is 6.61 Å². The Morgan fingerprint density at radius 1 is 1.38 bits per heavy atom. The van der Waals surface area contributed by atoms with Gasteiger partial charge in [0, 0.05) is 5.39 Å². The standard InChI is InChI=1S/C19H19N5O5/c1-19(2)18-21-14(15(26)17(28)23(18)7-8-29-19)16(27)20-9-12-11-5-3-4-6-13(11)24(10-25)22-12/h3-6,10,26H,7-9H2,1-2H3,(H,20,27). The van der Waals surface area contributed by atoms with Crippen molar-refractivity contribution in [1.29, 1.82) is 0 Å². The van der Waals surface area contributed by atoms with Gasteiger partial charge in [-0.25, -0.2) is 9.67 Å². The highest BCUT2D eigenvalue weighted by Crippen LogP contribution is 2.27. The molecule has 0 bridgehead atoms. The second-order valence-corrected chi connectivity index (χ2v) is 7.14. The smallest absolute Gasteiger partial charge is 0.296 e. The van der Waals surface area contributed by atoms with Crippen LogP contribution in [0.3, 0.4) is 0 Å². The second-order valence-electron chi connectivity index (χ2n) is 7.14. The lowest BCUT2D eigenvalue weighted by atomic mass is 10.1. The van der Waals surface area contributed by atoms with E-state index in [4.69, 9.17) is 4.74 Å². The van der Waals surface area contributed by atoms with Gasteiger partial charge in [-0.1, -0.05) is 18.2 Å². The van der Waals surface area contributed by atoms with E-state index in [0.717, 1.165) is 0 Å². The lowest BCUT2D eigenvalue weighted by Crippen LogP contribution is -2.42. The van der Waals surface area contributed by atoms with E-state index in [9.17, 15) is 19.5 Å². The SMILES string of the molecule is CC1(C)OCCn2c1nc(C(=O)NCc1nn(C=O)c3ccccc13)c(O)c2=O. The summed E-state index contributed by atoms with van der Waals surface area (Å²) in [5, 5.41) is 17.7. The van der Waals surface area contributed by atoms with E-state index in [0.29, 0.717) is 29.6 Å². The number of amides is 1. The topological polar surface area (TPSA) is 128 Å². The Hall–Kier alpha value is -3.53. The van der Waals surface area contributed by atoms with E-state index < -0.39 is 22.8 Å². The van der Waals surface area contributed by atoms with Crippen LogP contribution in [0.2, 0.25) is 0 Å². The Balaban J connectivity index is 1.66. The van der Waals surface area contributed by atoms with Crippen LogP contribution in [0, 0.1) is 0 Å². The van der Waals surface area contributed by atoms with E-state index in [1.807, 2.05) is 0 Å². The van der Waals surface area contributed by atoms with Crippen molar-refractivity contribution in [3.8, 4) is 5.75 Å². The molecule has 0 spiro atoms. The number of rotatable bonds is 4. The molecule has 0 fully saturated rings. The summed E-state index contributed by atoms with van der Waals surface area (Å²) in [5.74, 6) is -1.17. The van der Waals surface area contributed by atoms with Crippen LogP contribution >= 0.6 is 0 Å². The molecule has 10 heteroatoms. The molecule has 1 aromatic carbocycles. The van der Waals surface area contributed by atoms with Crippen LogP contribution in [0.15, 0.2) is 29.1 Å². The van der Waals surface area contributed by atoms with Gasteiger partial charge in [-0.05, 0) is 19.9 Å². The minimum absolute atomic E-state index is 0.0143. The number of carbonyl (C=O) groups is 2. The summed E-state index contributed by atoms with van der Waals surface area (Å²) in [6.07, 6.45) is 0.577. The normalized spacial score (nSPS) is 15.1. The zero-order chi connectivity index (χ0) is 20.8. The van der Waals surface area contributed by atoms with E-state index in [1.165, 1.54) is 9.25 Å². The Kier molecular flexibility index (Phi) is 4.42. The zero-order valence-electron chi connectivity index (χ0n) is 15.9. The number of benzene rings is 1. The van der Waals surface area contributed by atoms with Gasteiger partial charge in [0.1, 0.15) is 11.4 Å². The molecule has 10 nitrogen and oxygen atoms in total. The fourth-order valence-corrected chi connectivity index (χ4v) is 3.44. The third-order valence-corrected chi connectivity index (χ3v) is 4.88. The molecule has 0 saturated carbocycles. The fourth-order valence-electron chi connectivity index (χ4n) is 3.44. The maximum atomic E-state index is 12.7. The summed E-state index contributed by atoms with van der Waals surface area (Å²) >= 11 is 0. The number of nitrogens with one attached hydrogen (secondary N) is 1. The molecule has 2 aromatic heterocycles. The first-order valence-corrected chi connectivity index (χ1v) is 9.01. The van der Waals surface area contributed by atoms with Crippen LogP contribution in [0.25, 0.3) is 10.9 Å². The van der Waals surface area contributed by atoms with Crippen molar-refractivity contribution in [3.63, 3.8) is 0 Å². The van der Waals surface area contributed by atoms with Crippen molar-refractivity contribution < 1.29 is 19.4 Å². The number of carbonyl (C=O) groups excluding carboxylic acids is 2. The number of para-hydroxylation sites is 1. The molecule has 1 amide bonds. The van der Waals surface area contributed by atoms with E-state index >= 15 is 0 Å². The number of ether oxygens (including phenoxy) is 1. The van der Waals surface area contributed by atoms with Crippen molar-refractivity contribution in [2.24, 2.45) is 0 Å². The molecular weight excluding hydrogens is 378 g/mol. The summed E-state index contributed by atoms with van der Waals surface area (Å²) < 4.78 is 8.13. The van der Waals surface area contributed by atoms with Gasteiger partial charge in [0.15, 0.2) is 5.69 Å². The van der Waals surface area contributed by atoms with E-state index in [2.05, 4.69) is 15.4 Å². The Bertz CT molecular complexity index is 1190. The molecule has 0 radical (unpaired) electrons. The van der Waals surface area contributed by atoms with Crippen LogP contribution in [-0.2, 0) is 28.2 Å². The highest BCUT2D eigenvalue weighted by molar-refractivity contribution is 5.95. The second kappa shape index (κ2) is 6.82. The van der Waals surface area contributed by atoms with Crippen molar-refractivity contribution in [2.45, 2.75) is 32.5 Å². The van der Waals surface area contributed by atoms with Gasteiger partial charge >= 0.3 is 0 Å². The molecule has 2 N–H and O–H groups in total. The molecule has 3 heterocycles. The van der Waals surface area contributed by atoms with Crippen LogP contribution in [0.5, 0.6) is 5.75 Å². The lowest BCUT2D eigenvalue weighted by Gasteiger charge is -2.32. The zero-order valence-corrected chi connectivity index (χ0v) is 15.9. The maximum Gasteiger partial charge on any atom is 0.296 e. The lowest BCUT2D eigenvalue weighted by molar-refractivity contribution is -0.0566. The number of aromatic hydroxyl groups is 1. The first kappa shape index (κ1) is 18.8. The number of fused-ring (bicyclic) bond motifs is 2. The molecule has 29 heavy (non-hydrogen) atoms. The van der Waals surface area contributed by atoms with Gasteiger partial charge in [0.2, 0.25) is 12.2 Å². The minimum Gasteiger partial charge on any atom is -0.501 e. The molecule has 3 aromatic rings. The summed E-state index contributed by atoms with van der Waals surface area (Å²) in [4.78, 5) is 40.6. The predicted octanol–water partition coefficient (Wildman–Crippen LogP) is 0.532. The van der Waals surface area contributed by atoms with Gasteiger partial charge in [-0.3, -0.25) is 19.0 Å². The molecule has 4 rings (SSSR count). The molecule has 0 saturated heterocycles. The van der Waals surface area contributed by atoms with Crippen LogP contribution in [0.4, 0.5) is 0 Å². The average molecular weight is 397 g/mol. The number of hydrogen-bond acceptors (Lipinski definition) is 7. The molecule has 0 aliphatic carbocycles. The molecular formula is C19H19N5O5. The van der Waals surface area contributed by atoms with Gasteiger partial charge in [-0.15, -0.1) is 0 Å². The first-order valence-electron chi connectivity index (χ1n) is 9.01. The molecule has 1 aliphatic heterocycles. The van der Waals surface area contributed by atoms with Crippen LogP contribution in [-0.4, -0.2) is 43.4 Å². The summed E-state index contributed by atoms with van der Waals surface area (Å²) in [7, 11) is 0. The Morgan fingerprint density at radius 2 is 2.14 bits per heavy atom. The van der Waals surface area contributed by atoms with Crippen LogP contribution < -0.4 is 10.9 Å². The molecule has 1 aliphatic rings. The van der Waals surface area contributed by atoms with Gasteiger partial charge in [0.25, 0.3) is 11.5 Å². The minimum atomic E-state index is -0.876. The number of nitrogens with zero attached hydrogens (tertiary/aromatic N) is 4. The van der Waals surface area contributed by atoms with Gasteiger partial charge in [0.05, 0.1) is 30.9 Å².